The summed E-state index contributed by atoms with van der Waals surface area (Å²) < 4.78 is 36.3. The minimum atomic E-state index is -4.27. The third-order valence-corrected chi connectivity index (χ3v) is 3.30. The normalized spacial score (nSPS) is 20.6. The molecule has 106 valence electrons. The second-order valence-corrected chi connectivity index (χ2v) is 4.77. The number of nitrogens with zero attached hydrogens (tertiary/aromatic N) is 2. The number of carbonyl (C=O) groups is 1. The first-order chi connectivity index (χ1) is 8.96. The lowest BCUT2D eigenvalue weighted by atomic mass is 9.97. The van der Waals surface area contributed by atoms with Gasteiger partial charge in [-0.05, 0) is 12.8 Å². The van der Waals surface area contributed by atoms with Gasteiger partial charge in [-0.2, -0.15) is 13.2 Å². The van der Waals surface area contributed by atoms with Crippen LogP contribution in [-0.2, 0) is 4.79 Å². The first-order valence-electron chi connectivity index (χ1n) is 6.29. The summed E-state index contributed by atoms with van der Waals surface area (Å²) >= 11 is 0. The number of piperidine rings is 1. The Morgan fingerprint density at radius 1 is 1.53 bits per heavy atom. The van der Waals surface area contributed by atoms with Crippen molar-refractivity contribution in [1.29, 1.82) is 0 Å². The van der Waals surface area contributed by atoms with E-state index in [0.717, 1.165) is 18.7 Å². The molecule has 0 radical (unpaired) electrons. The van der Waals surface area contributed by atoms with E-state index in [1.165, 1.54) is 4.90 Å². The summed E-state index contributed by atoms with van der Waals surface area (Å²) in [5.41, 5.74) is 0. The molecule has 1 N–H and O–H groups in total. The maximum Gasteiger partial charge on any atom is 0.389 e. The number of aromatic nitrogens is 2. The van der Waals surface area contributed by atoms with Gasteiger partial charge < -0.3 is 9.88 Å². The molecule has 19 heavy (non-hydrogen) atoms. The number of amides is 1. The monoisotopic (exact) mass is 275 g/mol. The van der Waals surface area contributed by atoms with Crippen LogP contribution in [-0.4, -0.2) is 40.0 Å². The van der Waals surface area contributed by atoms with Crippen molar-refractivity contribution in [3.8, 4) is 0 Å². The van der Waals surface area contributed by atoms with Gasteiger partial charge in [0.2, 0.25) is 5.91 Å². The maximum atomic E-state index is 12.1. The van der Waals surface area contributed by atoms with Gasteiger partial charge in [-0.25, -0.2) is 4.98 Å². The van der Waals surface area contributed by atoms with Crippen molar-refractivity contribution in [3.05, 3.63) is 18.2 Å². The molecule has 1 amide bonds. The Bertz CT molecular complexity index is 416. The van der Waals surface area contributed by atoms with Crippen LogP contribution in [0.3, 0.4) is 0 Å². The molecule has 0 spiro atoms. The van der Waals surface area contributed by atoms with Gasteiger partial charge in [0.05, 0.1) is 6.42 Å². The molecule has 2 heterocycles. The smallest absolute Gasteiger partial charge is 0.348 e. The van der Waals surface area contributed by atoms with Crippen LogP contribution in [0, 0.1) is 0 Å². The van der Waals surface area contributed by atoms with E-state index in [4.69, 9.17) is 0 Å². The average Bonchev–Trinajstić information content (AvgIpc) is 2.89. The topological polar surface area (TPSA) is 49.0 Å². The molecule has 1 saturated heterocycles. The third-order valence-electron chi connectivity index (χ3n) is 3.30. The molecule has 0 saturated carbocycles. The molecule has 1 fully saturated rings. The zero-order valence-electron chi connectivity index (χ0n) is 10.4. The van der Waals surface area contributed by atoms with E-state index in [1.54, 1.807) is 12.4 Å². The number of halogens is 3. The first kappa shape index (κ1) is 13.9. The highest BCUT2D eigenvalue weighted by Gasteiger charge is 2.31. The van der Waals surface area contributed by atoms with Crippen molar-refractivity contribution in [2.24, 2.45) is 0 Å². The van der Waals surface area contributed by atoms with Crippen LogP contribution in [0.2, 0.25) is 0 Å². The first-order valence-corrected chi connectivity index (χ1v) is 6.29. The second kappa shape index (κ2) is 5.63. The van der Waals surface area contributed by atoms with E-state index in [0.29, 0.717) is 13.1 Å². The minimum absolute atomic E-state index is 0.0959. The molecule has 0 aliphatic carbocycles. The molecule has 1 aliphatic rings. The summed E-state index contributed by atoms with van der Waals surface area (Å²) in [6.45, 7) is 0.984. The highest BCUT2D eigenvalue weighted by atomic mass is 19.4. The lowest BCUT2D eigenvalue weighted by Crippen LogP contribution is -2.39. The van der Waals surface area contributed by atoms with Gasteiger partial charge in [0.15, 0.2) is 0 Å². The van der Waals surface area contributed by atoms with Crippen LogP contribution < -0.4 is 0 Å². The third kappa shape index (κ3) is 3.97. The Kier molecular flexibility index (Phi) is 4.11. The lowest BCUT2D eigenvalue weighted by Gasteiger charge is -2.32. The standard InChI is InChI=1S/C12H16F3N3O/c13-12(14,15)4-3-10(19)18-7-1-2-9(8-18)11-16-5-6-17-11/h5-6,9H,1-4,7-8H2,(H,16,17)/t9-/m1/s1. The zero-order chi connectivity index (χ0) is 13.9. The Morgan fingerprint density at radius 3 is 2.95 bits per heavy atom. The molecule has 1 aromatic heterocycles. The lowest BCUT2D eigenvalue weighted by molar-refractivity contribution is -0.149. The number of alkyl halides is 3. The number of rotatable bonds is 3. The Balaban J connectivity index is 1.88. The van der Waals surface area contributed by atoms with Gasteiger partial charge in [0, 0.05) is 37.8 Å². The molecule has 2 rings (SSSR count). The van der Waals surface area contributed by atoms with Gasteiger partial charge in [0.1, 0.15) is 5.82 Å². The van der Waals surface area contributed by atoms with Crippen molar-refractivity contribution < 1.29 is 18.0 Å². The van der Waals surface area contributed by atoms with E-state index in [-0.39, 0.29) is 5.92 Å². The molecule has 0 unspecified atom stereocenters. The SMILES string of the molecule is O=C(CCC(F)(F)F)N1CCC[C@@H](c2ncc[nH]2)C1. The number of H-pyrrole nitrogens is 1. The van der Waals surface area contributed by atoms with Crippen LogP contribution >= 0.6 is 0 Å². The van der Waals surface area contributed by atoms with Crippen molar-refractivity contribution in [2.75, 3.05) is 13.1 Å². The fourth-order valence-electron chi connectivity index (χ4n) is 2.33. The predicted molar refractivity (Wildman–Crippen MR) is 62.4 cm³/mol. The molecule has 0 bridgehead atoms. The van der Waals surface area contributed by atoms with Crippen molar-refractivity contribution in [2.45, 2.75) is 37.8 Å². The Labute approximate surface area is 109 Å². The summed E-state index contributed by atoms with van der Waals surface area (Å²) in [7, 11) is 0. The van der Waals surface area contributed by atoms with Gasteiger partial charge in [0.25, 0.3) is 0 Å². The van der Waals surface area contributed by atoms with Gasteiger partial charge in [-0.3, -0.25) is 4.79 Å². The van der Waals surface area contributed by atoms with Crippen molar-refractivity contribution in [1.82, 2.24) is 14.9 Å². The predicted octanol–water partition coefficient (Wildman–Crippen LogP) is 2.46. The highest BCUT2D eigenvalue weighted by molar-refractivity contribution is 5.76. The van der Waals surface area contributed by atoms with E-state index in [2.05, 4.69) is 9.97 Å². The van der Waals surface area contributed by atoms with E-state index >= 15 is 0 Å². The number of nitrogens with one attached hydrogen (secondary N) is 1. The summed E-state index contributed by atoms with van der Waals surface area (Å²) in [4.78, 5) is 20.4. The molecule has 4 nitrogen and oxygen atoms in total. The van der Waals surface area contributed by atoms with E-state index < -0.39 is 24.9 Å². The largest absolute Gasteiger partial charge is 0.389 e. The average molecular weight is 275 g/mol. The maximum absolute atomic E-state index is 12.1. The fourth-order valence-corrected chi connectivity index (χ4v) is 2.33. The molecule has 7 heteroatoms. The Morgan fingerprint density at radius 2 is 2.32 bits per heavy atom. The number of hydrogen-bond acceptors (Lipinski definition) is 2. The van der Waals surface area contributed by atoms with Gasteiger partial charge >= 0.3 is 6.18 Å². The van der Waals surface area contributed by atoms with E-state index in [1.807, 2.05) is 0 Å². The van der Waals surface area contributed by atoms with Crippen LogP contribution in [0.1, 0.15) is 37.4 Å². The van der Waals surface area contributed by atoms with Crippen LogP contribution in [0.5, 0.6) is 0 Å². The summed E-state index contributed by atoms with van der Waals surface area (Å²) in [5.74, 6) is 0.473. The number of imidazole rings is 1. The molecule has 1 aliphatic heterocycles. The molecular formula is C12H16F3N3O. The molecule has 1 atom stereocenters. The van der Waals surface area contributed by atoms with E-state index in [9.17, 15) is 18.0 Å². The zero-order valence-corrected chi connectivity index (χ0v) is 10.4. The molecular weight excluding hydrogens is 259 g/mol. The van der Waals surface area contributed by atoms with Crippen molar-refractivity contribution >= 4 is 5.91 Å². The molecule has 0 aromatic carbocycles. The van der Waals surface area contributed by atoms with Crippen LogP contribution in [0.15, 0.2) is 12.4 Å². The fraction of sp³-hybridized carbons (Fsp3) is 0.667. The number of aromatic amines is 1. The number of carbonyl (C=O) groups excluding carboxylic acids is 1. The van der Waals surface area contributed by atoms with Crippen molar-refractivity contribution in [3.63, 3.8) is 0 Å². The number of hydrogen-bond donors (Lipinski definition) is 1. The van der Waals surface area contributed by atoms with Gasteiger partial charge in [-0.15, -0.1) is 0 Å². The summed E-state index contributed by atoms with van der Waals surface area (Å²) in [6.07, 6.45) is -0.743. The van der Waals surface area contributed by atoms with Crippen LogP contribution in [0.4, 0.5) is 13.2 Å². The summed E-state index contributed by atoms with van der Waals surface area (Å²) in [6, 6.07) is 0. The number of likely N-dealkylation sites (tertiary alicyclic amines) is 1. The van der Waals surface area contributed by atoms with Crippen LogP contribution in [0.25, 0.3) is 0 Å². The minimum Gasteiger partial charge on any atom is -0.348 e. The summed E-state index contributed by atoms with van der Waals surface area (Å²) in [5, 5.41) is 0. The highest BCUT2D eigenvalue weighted by Crippen LogP contribution is 2.26. The Hall–Kier alpha value is -1.53. The molecule has 1 aromatic rings. The quantitative estimate of drug-likeness (QED) is 0.921. The van der Waals surface area contributed by atoms with Gasteiger partial charge in [-0.1, -0.05) is 0 Å². The second-order valence-electron chi connectivity index (χ2n) is 4.77.